The summed E-state index contributed by atoms with van der Waals surface area (Å²) in [6.45, 7) is 4.27. The number of aryl methyl sites for hydroxylation is 1. The third-order valence-electron chi connectivity index (χ3n) is 4.64. The van der Waals surface area contributed by atoms with Gasteiger partial charge in [-0.15, -0.1) is 0 Å². The fourth-order valence-corrected chi connectivity index (χ4v) is 3.40. The monoisotopic (exact) mass is 526 g/mol. The van der Waals surface area contributed by atoms with Crippen LogP contribution in [0.3, 0.4) is 0 Å². The third-order valence-corrected chi connectivity index (χ3v) is 5.33. The average molecular weight is 527 g/mol. The highest BCUT2D eigenvalue weighted by atomic mass is 79.9. The molecule has 3 rings (SSSR count). The molecule has 0 spiro atoms. The molecule has 0 heterocycles. The second kappa shape index (κ2) is 11.8. The smallest absolute Gasteiger partial charge is 0.339 e. The largest absolute Gasteiger partial charge is 0.490 e. The number of anilines is 1. The molecule has 0 atom stereocenters. The van der Waals surface area contributed by atoms with Crippen molar-refractivity contribution in [2.45, 2.75) is 20.5 Å². The zero-order valence-electron chi connectivity index (χ0n) is 18.6. The molecule has 3 aromatic carbocycles. The van der Waals surface area contributed by atoms with Gasteiger partial charge in [-0.05, 0) is 59.1 Å². The van der Waals surface area contributed by atoms with Crippen LogP contribution in [0.2, 0.25) is 0 Å². The van der Waals surface area contributed by atoms with Gasteiger partial charge in [0.2, 0.25) is 0 Å². The van der Waals surface area contributed by atoms with Crippen molar-refractivity contribution < 1.29 is 19.2 Å². The summed E-state index contributed by atoms with van der Waals surface area (Å²) in [5.74, 6) is 0.935. The summed E-state index contributed by atoms with van der Waals surface area (Å²) in [5.41, 5.74) is 5.37. The summed E-state index contributed by atoms with van der Waals surface area (Å²) in [6, 6.07) is 16.6. The molecular formula is C24H23BrN4O5. The number of carbonyl (C=O) groups excluding carboxylic acids is 1. The lowest BCUT2D eigenvalue weighted by Crippen LogP contribution is -2.24. The SMILES string of the molecule is CCOc1cc(C=NNC(=O)Nc2ccccc2C)c(Br)cc1OCc1cccc([N+](=O)[O-])c1. The van der Waals surface area contributed by atoms with E-state index in [2.05, 4.69) is 31.8 Å². The van der Waals surface area contributed by atoms with Gasteiger partial charge in [0.05, 0.1) is 17.7 Å². The van der Waals surface area contributed by atoms with Crippen molar-refractivity contribution in [2.75, 3.05) is 11.9 Å². The zero-order chi connectivity index (χ0) is 24.5. The van der Waals surface area contributed by atoms with Crippen molar-refractivity contribution in [1.29, 1.82) is 0 Å². The van der Waals surface area contributed by atoms with Crippen LogP contribution in [0.15, 0.2) is 70.2 Å². The van der Waals surface area contributed by atoms with Crippen molar-refractivity contribution in [2.24, 2.45) is 5.10 Å². The Morgan fingerprint density at radius 1 is 1.12 bits per heavy atom. The standard InChI is InChI=1S/C24H23BrN4O5/c1-3-33-22-12-18(14-26-28-24(30)27-21-10-5-4-7-16(21)2)20(25)13-23(22)34-15-17-8-6-9-19(11-17)29(31)32/h4-14H,3,15H2,1-2H3,(H2,27,28,30). The predicted octanol–water partition coefficient (Wildman–Crippen LogP) is 5.80. The lowest BCUT2D eigenvalue weighted by Gasteiger charge is -2.14. The lowest BCUT2D eigenvalue weighted by atomic mass is 10.2. The Balaban J connectivity index is 1.69. The van der Waals surface area contributed by atoms with Crippen molar-refractivity contribution in [3.05, 3.63) is 91.9 Å². The van der Waals surface area contributed by atoms with Crippen LogP contribution >= 0.6 is 15.9 Å². The molecule has 10 heteroatoms. The molecule has 0 aromatic heterocycles. The molecule has 0 aliphatic rings. The number of hydrogen-bond acceptors (Lipinski definition) is 6. The molecule has 0 radical (unpaired) electrons. The fourth-order valence-electron chi connectivity index (χ4n) is 2.98. The van der Waals surface area contributed by atoms with Gasteiger partial charge in [-0.2, -0.15) is 5.10 Å². The lowest BCUT2D eigenvalue weighted by molar-refractivity contribution is -0.384. The Kier molecular flexibility index (Phi) is 8.58. The number of nitrogens with one attached hydrogen (secondary N) is 2. The summed E-state index contributed by atoms with van der Waals surface area (Å²) in [5, 5.41) is 17.7. The first-order chi connectivity index (χ1) is 16.4. The second-order valence-electron chi connectivity index (χ2n) is 7.11. The van der Waals surface area contributed by atoms with Gasteiger partial charge in [0.1, 0.15) is 6.61 Å². The van der Waals surface area contributed by atoms with Crippen molar-refractivity contribution in [3.63, 3.8) is 0 Å². The number of ether oxygens (including phenoxy) is 2. The number of benzene rings is 3. The summed E-state index contributed by atoms with van der Waals surface area (Å²) in [4.78, 5) is 22.6. The van der Waals surface area contributed by atoms with Gasteiger partial charge in [-0.1, -0.05) is 30.3 Å². The van der Waals surface area contributed by atoms with E-state index in [4.69, 9.17) is 9.47 Å². The Morgan fingerprint density at radius 3 is 2.62 bits per heavy atom. The molecule has 3 aromatic rings. The van der Waals surface area contributed by atoms with E-state index in [1.54, 1.807) is 30.3 Å². The van der Waals surface area contributed by atoms with Crippen LogP contribution in [0, 0.1) is 17.0 Å². The maximum absolute atomic E-state index is 12.1. The number of hydrazone groups is 1. The van der Waals surface area contributed by atoms with Crippen LogP contribution in [0.25, 0.3) is 0 Å². The maximum atomic E-state index is 12.1. The van der Waals surface area contributed by atoms with E-state index in [0.29, 0.717) is 39.4 Å². The molecular weight excluding hydrogens is 504 g/mol. The Hall–Kier alpha value is -3.92. The molecule has 0 saturated carbocycles. The quantitative estimate of drug-likeness (QED) is 0.207. The molecule has 2 N–H and O–H groups in total. The van der Waals surface area contributed by atoms with E-state index < -0.39 is 11.0 Å². The average Bonchev–Trinajstić information content (AvgIpc) is 2.81. The first kappa shape index (κ1) is 24.7. The van der Waals surface area contributed by atoms with E-state index in [1.807, 2.05) is 32.0 Å². The molecule has 0 aliphatic heterocycles. The van der Waals surface area contributed by atoms with Crippen molar-refractivity contribution in [3.8, 4) is 11.5 Å². The summed E-state index contributed by atoms with van der Waals surface area (Å²) in [7, 11) is 0. The first-order valence-electron chi connectivity index (χ1n) is 10.4. The number of nitro groups is 1. The van der Waals surface area contributed by atoms with Crippen molar-refractivity contribution >= 4 is 39.6 Å². The molecule has 0 bridgehead atoms. The van der Waals surface area contributed by atoms with Crippen LogP contribution in [0.4, 0.5) is 16.2 Å². The van der Waals surface area contributed by atoms with Gasteiger partial charge < -0.3 is 14.8 Å². The minimum absolute atomic E-state index is 0.00201. The number of carbonyl (C=O) groups is 1. The second-order valence-corrected chi connectivity index (χ2v) is 7.96. The molecule has 2 amide bonds. The molecule has 0 fully saturated rings. The number of urea groups is 1. The van der Waals surface area contributed by atoms with E-state index in [1.165, 1.54) is 18.3 Å². The number of nitro benzene ring substituents is 1. The Morgan fingerprint density at radius 2 is 1.88 bits per heavy atom. The zero-order valence-corrected chi connectivity index (χ0v) is 20.2. The highest BCUT2D eigenvalue weighted by Gasteiger charge is 2.12. The van der Waals surface area contributed by atoms with E-state index in [-0.39, 0.29) is 12.3 Å². The molecule has 0 unspecified atom stereocenters. The van der Waals surface area contributed by atoms with Gasteiger partial charge >= 0.3 is 6.03 Å². The molecule has 0 aliphatic carbocycles. The van der Waals surface area contributed by atoms with Crippen LogP contribution in [-0.4, -0.2) is 23.8 Å². The number of hydrogen-bond donors (Lipinski definition) is 2. The van der Waals surface area contributed by atoms with Crippen LogP contribution in [-0.2, 0) is 6.61 Å². The topological polar surface area (TPSA) is 115 Å². The van der Waals surface area contributed by atoms with E-state index in [9.17, 15) is 14.9 Å². The minimum Gasteiger partial charge on any atom is -0.490 e. The van der Waals surface area contributed by atoms with E-state index in [0.717, 1.165) is 5.56 Å². The highest BCUT2D eigenvalue weighted by Crippen LogP contribution is 2.34. The number of nitrogens with zero attached hydrogens (tertiary/aromatic N) is 2. The maximum Gasteiger partial charge on any atom is 0.339 e. The predicted molar refractivity (Wildman–Crippen MR) is 134 cm³/mol. The molecule has 34 heavy (non-hydrogen) atoms. The summed E-state index contributed by atoms with van der Waals surface area (Å²) >= 11 is 3.48. The Labute approximate surface area is 205 Å². The van der Waals surface area contributed by atoms with Gasteiger partial charge in [0.25, 0.3) is 5.69 Å². The van der Waals surface area contributed by atoms with Crippen LogP contribution in [0.5, 0.6) is 11.5 Å². The number of para-hydroxylation sites is 1. The summed E-state index contributed by atoms with van der Waals surface area (Å²) in [6.07, 6.45) is 1.48. The fraction of sp³-hybridized carbons (Fsp3) is 0.167. The van der Waals surface area contributed by atoms with Gasteiger partial charge in [0.15, 0.2) is 11.5 Å². The van der Waals surface area contributed by atoms with Gasteiger partial charge in [-0.25, -0.2) is 10.2 Å². The molecule has 176 valence electrons. The van der Waals surface area contributed by atoms with Crippen molar-refractivity contribution in [1.82, 2.24) is 5.43 Å². The normalized spacial score (nSPS) is 10.7. The van der Waals surface area contributed by atoms with Gasteiger partial charge in [0, 0.05) is 27.9 Å². The molecule has 0 saturated heterocycles. The number of halogens is 1. The number of rotatable bonds is 9. The Bertz CT molecular complexity index is 1220. The number of non-ortho nitro benzene ring substituents is 1. The van der Waals surface area contributed by atoms with Crippen LogP contribution < -0.4 is 20.2 Å². The molecule has 9 nitrogen and oxygen atoms in total. The minimum atomic E-state index is -0.469. The summed E-state index contributed by atoms with van der Waals surface area (Å²) < 4.78 is 12.2. The third kappa shape index (κ3) is 6.79. The van der Waals surface area contributed by atoms with Gasteiger partial charge in [-0.3, -0.25) is 10.1 Å². The highest BCUT2D eigenvalue weighted by molar-refractivity contribution is 9.10. The van der Waals surface area contributed by atoms with Crippen LogP contribution in [0.1, 0.15) is 23.6 Å². The van der Waals surface area contributed by atoms with E-state index >= 15 is 0 Å². The first-order valence-corrected chi connectivity index (χ1v) is 11.1. The number of amides is 2.